The van der Waals surface area contributed by atoms with Crippen molar-refractivity contribution in [1.82, 2.24) is 5.32 Å². The van der Waals surface area contributed by atoms with E-state index in [2.05, 4.69) is 24.4 Å². The van der Waals surface area contributed by atoms with E-state index in [1.54, 1.807) is 0 Å². The first-order valence-electron chi connectivity index (χ1n) is 11.9. The highest BCUT2D eigenvalue weighted by atomic mass is 16.4. The van der Waals surface area contributed by atoms with Gasteiger partial charge in [-0.15, -0.1) is 0 Å². The highest BCUT2D eigenvalue weighted by Crippen LogP contribution is 2.10. The second kappa shape index (κ2) is 20.4. The van der Waals surface area contributed by atoms with Gasteiger partial charge in [-0.05, 0) is 38.5 Å². The monoisotopic (exact) mass is 424 g/mol. The zero-order valence-electron chi connectivity index (χ0n) is 19.0. The summed E-state index contributed by atoms with van der Waals surface area (Å²) >= 11 is 0. The summed E-state index contributed by atoms with van der Waals surface area (Å²) in [5.74, 6) is -1.98. The van der Waals surface area contributed by atoms with E-state index in [9.17, 15) is 14.4 Å². The van der Waals surface area contributed by atoms with Crippen molar-refractivity contribution in [3.8, 4) is 0 Å². The van der Waals surface area contributed by atoms with Gasteiger partial charge in [0.15, 0.2) is 0 Å². The molecule has 0 radical (unpaired) electrons. The SMILES string of the molecule is CCCCCCCCC/C=C\CCCCCCCC(=O)N[C@@H](CCC(N)=O)C(=O)O. The number of carbonyl (C=O) groups is 3. The van der Waals surface area contributed by atoms with Gasteiger partial charge < -0.3 is 16.2 Å². The first-order valence-corrected chi connectivity index (χ1v) is 11.9. The number of allylic oxidation sites excluding steroid dienone is 2. The molecule has 0 fully saturated rings. The lowest BCUT2D eigenvalue weighted by Gasteiger charge is -2.13. The lowest BCUT2D eigenvalue weighted by molar-refractivity contribution is -0.142. The number of aliphatic carboxylic acids is 1. The van der Waals surface area contributed by atoms with Crippen LogP contribution in [-0.4, -0.2) is 28.9 Å². The molecule has 0 unspecified atom stereocenters. The quantitative estimate of drug-likeness (QED) is 0.173. The Morgan fingerprint density at radius 1 is 0.800 bits per heavy atom. The molecule has 0 aliphatic heterocycles. The summed E-state index contributed by atoms with van der Waals surface area (Å²) < 4.78 is 0. The number of primary amides is 1. The number of amides is 2. The Labute approximate surface area is 183 Å². The first kappa shape index (κ1) is 28.1. The molecule has 0 aromatic carbocycles. The summed E-state index contributed by atoms with van der Waals surface area (Å²) in [5.41, 5.74) is 5.03. The molecule has 2 amide bonds. The largest absolute Gasteiger partial charge is 0.480 e. The number of hydrogen-bond acceptors (Lipinski definition) is 3. The average Bonchev–Trinajstić information content (AvgIpc) is 2.70. The number of carbonyl (C=O) groups excluding carboxylic acids is 2. The average molecular weight is 425 g/mol. The van der Waals surface area contributed by atoms with Crippen molar-refractivity contribution < 1.29 is 19.5 Å². The fourth-order valence-electron chi connectivity index (χ4n) is 3.34. The lowest BCUT2D eigenvalue weighted by atomic mass is 10.1. The van der Waals surface area contributed by atoms with E-state index in [1.165, 1.54) is 57.8 Å². The van der Waals surface area contributed by atoms with Crippen LogP contribution in [-0.2, 0) is 14.4 Å². The molecule has 0 saturated heterocycles. The second-order valence-corrected chi connectivity index (χ2v) is 8.15. The number of carboxylic acid groups (broad SMARTS) is 1. The van der Waals surface area contributed by atoms with Gasteiger partial charge in [-0.1, -0.05) is 76.9 Å². The molecular weight excluding hydrogens is 380 g/mol. The van der Waals surface area contributed by atoms with E-state index in [4.69, 9.17) is 10.8 Å². The molecule has 0 aliphatic rings. The summed E-state index contributed by atoms with van der Waals surface area (Å²) in [6.07, 6.45) is 21.8. The fraction of sp³-hybridized carbons (Fsp3) is 0.792. The zero-order valence-corrected chi connectivity index (χ0v) is 19.0. The number of carboxylic acids is 1. The van der Waals surface area contributed by atoms with E-state index in [-0.39, 0.29) is 18.7 Å². The molecule has 4 N–H and O–H groups in total. The van der Waals surface area contributed by atoms with E-state index in [1.807, 2.05) is 0 Å². The smallest absolute Gasteiger partial charge is 0.326 e. The van der Waals surface area contributed by atoms with Crippen molar-refractivity contribution in [3.05, 3.63) is 12.2 Å². The summed E-state index contributed by atoms with van der Waals surface area (Å²) in [4.78, 5) is 33.7. The first-order chi connectivity index (χ1) is 14.5. The Kier molecular flexibility index (Phi) is 19.2. The van der Waals surface area contributed by atoms with Crippen LogP contribution in [0.1, 0.15) is 116 Å². The third kappa shape index (κ3) is 19.5. The predicted molar refractivity (Wildman–Crippen MR) is 122 cm³/mol. The van der Waals surface area contributed by atoms with Crippen molar-refractivity contribution in [3.63, 3.8) is 0 Å². The maximum absolute atomic E-state index is 11.9. The molecule has 6 nitrogen and oxygen atoms in total. The molecule has 0 aromatic heterocycles. The van der Waals surface area contributed by atoms with E-state index < -0.39 is 17.9 Å². The van der Waals surface area contributed by atoms with Crippen LogP contribution in [0.4, 0.5) is 0 Å². The Hall–Kier alpha value is -1.85. The number of nitrogens with one attached hydrogen (secondary N) is 1. The van der Waals surface area contributed by atoms with Gasteiger partial charge in [0.05, 0.1) is 0 Å². The maximum atomic E-state index is 11.9. The maximum Gasteiger partial charge on any atom is 0.326 e. The topological polar surface area (TPSA) is 109 Å². The summed E-state index contributed by atoms with van der Waals surface area (Å²) in [7, 11) is 0. The van der Waals surface area contributed by atoms with Gasteiger partial charge in [0.1, 0.15) is 6.04 Å². The van der Waals surface area contributed by atoms with Gasteiger partial charge in [0, 0.05) is 12.8 Å². The Morgan fingerprint density at radius 3 is 1.80 bits per heavy atom. The predicted octanol–water partition coefficient (Wildman–Crippen LogP) is 5.25. The molecular formula is C24H44N2O4. The van der Waals surface area contributed by atoms with Crippen LogP contribution in [0.15, 0.2) is 12.2 Å². The van der Waals surface area contributed by atoms with E-state index in [0.717, 1.165) is 32.1 Å². The van der Waals surface area contributed by atoms with Gasteiger partial charge in [-0.25, -0.2) is 4.79 Å². The van der Waals surface area contributed by atoms with Crippen molar-refractivity contribution in [2.75, 3.05) is 0 Å². The van der Waals surface area contributed by atoms with Gasteiger partial charge in [0.25, 0.3) is 0 Å². The second-order valence-electron chi connectivity index (χ2n) is 8.15. The molecule has 30 heavy (non-hydrogen) atoms. The van der Waals surface area contributed by atoms with Crippen LogP contribution < -0.4 is 11.1 Å². The molecule has 0 saturated carbocycles. The third-order valence-corrected chi connectivity index (χ3v) is 5.23. The Balaban J connectivity index is 3.52. The molecule has 0 aliphatic carbocycles. The standard InChI is InChI=1S/C24H44N2O4/c1-2-3-4-5-6-7-8-9-10-11-12-13-14-15-16-17-18-23(28)26-21(24(29)30)19-20-22(25)27/h10-11,21H,2-9,12-20H2,1H3,(H2,25,27)(H,26,28)(H,29,30)/b11-10-/t21-/m0/s1. The zero-order chi connectivity index (χ0) is 22.5. The van der Waals surface area contributed by atoms with Crippen molar-refractivity contribution in [2.24, 2.45) is 5.73 Å². The molecule has 0 rings (SSSR count). The summed E-state index contributed by atoms with van der Waals surface area (Å²) in [5, 5.41) is 11.5. The highest BCUT2D eigenvalue weighted by Gasteiger charge is 2.20. The molecule has 0 heterocycles. The molecule has 0 aromatic rings. The summed E-state index contributed by atoms with van der Waals surface area (Å²) in [6.45, 7) is 2.25. The van der Waals surface area contributed by atoms with Gasteiger partial charge in [-0.3, -0.25) is 9.59 Å². The molecule has 0 bridgehead atoms. The Bertz CT molecular complexity index is 492. The van der Waals surface area contributed by atoms with Crippen molar-refractivity contribution >= 4 is 17.8 Å². The minimum atomic E-state index is -1.13. The van der Waals surface area contributed by atoms with Crippen LogP contribution in [0.3, 0.4) is 0 Å². The van der Waals surface area contributed by atoms with E-state index >= 15 is 0 Å². The van der Waals surface area contributed by atoms with Crippen molar-refractivity contribution in [1.29, 1.82) is 0 Å². The summed E-state index contributed by atoms with van der Waals surface area (Å²) in [6, 6.07) is -1.04. The molecule has 6 heteroatoms. The van der Waals surface area contributed by atoms with Crippen LogP contribution in [0.2, 0.25) is 0 Å². The van der Waals surface area contributed by atoms with Gasteiger partial charge in [-0.2, -0.15) is 0 Å². The van der Waals surface area contributed by atoms with Gasteiger partial charge >= 0.3 is 5.97 Å². The minimum absolute atomic E-state index is 0.0306. The normalized spacial score (nSPS) is 12.2. The van der Waals surface area contributed by atoms with Crippen LogP contribution in [0.5, 0.6) is 0 Å². The fourth-order valence-corrected chi connectivity index (χ4v) is 3.34. The van der Waals surface area contributed by atoms with E-state index in [0.29, 0.717) is 6.42 Å². The number of hydrogen-bond donors (Lipinski definition) is 3. The number of rotatable bonds is 21. The van der Waals surface area contributed by atoms with Crippen LogP contribution in [0, 0.1) is 0 Å². The molecule has 174 valence electrons. The van der Waals surface area contributed by atoms with Crippen LogP contribution in [0.25, 0.3) is 0 Å². The highest BCUT2D eigenvalue weighted by molar-refractivity contribution is 5.84. The minimum Gasteiger partial charge on any atom is -0.480 e. The van der Waals surface area contributed by atoms with Crippen molar-refractivity contribution in [2.45, 2.75) is 122 Å². The Morgan fingerprint density at radius 2 is 1.30 bits per heavy atom. The lowest BCUT2D eigenvalue weighted by Crippen LogP contribution is -2.41. The molecule has 0 spiro atoms. The molecule has 1 atom stereocenters. The number of unbranched alkanes of at least 4 members (excludes halogenated alkanes) is 12. The van der Waals surface area contributed by atoms with Gasteiger partial charge in [0.2, 0.25) is 11.8 Å². The third-order valence-electron chi connectivity index (χ3n) is 5.23. The van der Waals surface area contributed by atoms with Crippen LogP contribution >= 0.6 is 0 Å². The number of nitrogens with two attached hydrogens (primary N) is 1.